The van der Waals surface area contributed by atoms with Gasteiger partial charge < -0.3 is 15.1 Å². The van der Waals surface area contributed by atoms with Crippen LogP contribution in [0, 0.1) is 6.92 Å². The second-order valence-electron chi connectivity index (χ2n) is 4.97. The van der Waals surface area contributed by atoms with E-state index < -0.39 is 10.0 Å². The van der Waals surface area contributed by atoms with Crippen molar-refractivity contribution in [2.75, 3.05) is 20.1 Å². The van der Waals surface area contributed by atoms with Crippen molar-refractivity contribution < 1.29 is 12.8 Å². The molecule has 1 unspecified atom stereocenters. The summed E-state index contributed by atoms with van der Waals surface area (Å²) in [7, 11) is -1.55. The van der Waals surface area contributed by atoms with Gasteiger partial charge in [0, 0.05) is 25.2 Å². The van der Waals surface area contributed by atoms with Crippen LogP contribution in [0.2, 0.25) is 0 Å². The largest absolute Gasteiger partial charge is 0.464 e. The Hall–Kier alpha value is -0.890. The third kappa shape index (κ3) is 4.31. The molecule has 0 bridgehead atoms. The minimum absolute atomic E-state index is 0.171. The Morgan fingerprint density at radius 3 is 2.65 bits per heavy atom. The summed E-state index contributed by atoms with van der Waals surface area (Å²) < 4.78 is 32.2. The Kier molecular flexibility index (Phi) is 6.19. The van der Waals surface area contributed by atoms with Crippen molar-refractivity contribution in [2.24, 2.45) is 5.73 Å². The van der Waals surface area contributed by atoms with Gasteiger partial charge >= 0.3 is 0 Å². The van der Waals surface area contributed by atoms with E-state index in [9.17, 15) is 8.42 Å². The number of aryl methyl sites for hydroxylation is 1. The zero-order valence-electron chi connectivity index (χ0n) is 12.6. The third-order valence-electron chi connectivity index (χ3n) is 3.51. The number of furan rings is 1. The number of hydrogen-bond acceptors (Lipinski definition) is 5. The fourth-order valence-corrected chi connectivity index (χ4v) is 3.08. The lowest BCUT2D eigenvalue weighted by Crippen LogP contribution is -2.37. The lowest BCUT2D eigenvalue weighted by molar-refractivity contribution is 0.256. The number of hydrogen-bond donors (Lipinski definition) is 2. The van der Waals surface area contributed by atoms with Gasteiger partial charge in [-0.2, -0.15) is 0 Å². The number of nitrogens with zero attached hydrogens (tertiary/aromatic N) is 1. The van der Waals surface area contributed by atoms with Crippen molar-refractivity contribution in [3.05, 3.63) is 17.6 Å². The molecule has 3 N–H and O–H groups in total. The highest BCUT2D eigenvalue weighted by Gasteiger charge is 2.21. The van der Waals surface area contributed by atoms with Gasteiger partial charge in [-0.3, -0.25) is 0 Å². The van der Waals surface area contributed by atoms with Crippen LogP contribution in [0.4, 0.5) is 0 Å². The van der Waals surface area contributed by atoms with Gasteiger partial charge in [0.15, 0.2) is 0 Å². The molecule has 0 amide bonds. The normalized spacial score (nSPS) is 13.9. The van der Waals surface area contributed by atoms with E-state index in [1.807, 2.05) is 7.05 Å². The Labute approximate surface area is 121 Å². The highest BCUT2D eigenvalue weighted by Crippen LogP contribution is 2.19. The van der Waals surface area contributed by atoms with Crippen molar-refractivity contribution in [3.8, 4) is 0 Å². The first-order chi connectivity index (χ1) is 9.31. The van der Waals surface area contributed by atoms with Crippen molar-refractivity contribution in [1.82, 2.24) is 9.62 Å². The Morgan fingerprint density at radius 2 is 2.15 bits per heavy atom. The molecule has 0 saturated heterocycles. The molecule has 7 heteroatoms. The van der Waals surface area contributed by atoms with E-state index in [2.05, 4.69) is 23.5 Å². The summed E-state index contributed by atoms with van der Waals surface area (Å²) in [4.78, 5) is 2.29. The topological polar surface area (TPSA) is 88.6 Å². The zero-order chi connectivity index (χ0) is 15.3. The van der Waals surface area contributed by atoms with Crippen LogP contribution < -0.4 is 10.5 Å². The molecule has 0 aromatic carbocycles. The monoisotopic (exact) mass is 303 g/mol. The Balaban J connectivity index is 2.64. The predicted octanol–water partition coefficient (Wildman–Crippen LogP) is 1.06. The first-order valence-corrected chi connectivity index (χ1v) is 8.29. The molecule has 0 aliphatic heterocycles. The summed E-state index contributed by atoms with van der Waals surface area (Å²) in [6.07, 6.45) is 1.03. The van der Waals surface area contributed by atoms with Gasteiger partial charge in [-0.15, -0.1) is 0 Å². The molecule has 1 heterocycles. The van der Waals surface area contributed by atoms with Crippen LogP contribution in [0.1, 0.15) is 31.8 Å². The van der Waals surface area contributed by atoms with Crippen molar-refractivity contribution in [3.63, 3.8) is 0 Å². The van der Waals surface area contributed by atoms with Crippen LogP contribution in [-0.4, -0.2) is 39.5 Å². The Bertz CT molecular complexity index is 525. The van der Waals surface area contributed by atoms with Gasteiger partial charge in [0.1, 0.15) is 16.4 Å². The lowest BCUT2D eigenvalue weighted by atomic mass is 10.2. The molecule has 0 radical (unpaired) electrons. The van der Waals surface area contributed by atoms with Crippen molar-refractivity contribution >= 4 is 10.0 Å². The van der Waals surface area contributed by atoms with E-state index >= 15 is 0 Å². The highest BCUT2D eigenvalue weighted by molar-refractivity contribution is 7.89. The SMILES string of the molecule is CCC(C)N(C)CCNS(=O)(=O)c1cc(CN)oc1C. The summed E-state index contributed by atoms with van der Waals surface area (Å²) in [5.41, 5.74) is 5.45. The van der Waals surface area contributed by atoms with E-state index in [4.69, 9.17) is 10.2 Å². The van der Waals surface area contributed by atoms with Crippen LogP contribution in [0.3, 0.4) is 0 Å². The summed E-state index contributed by atoms with van der Waals surface area (Å²) in [5, 5.41) is 0. The number of sulfonamides is 1. The minimum Gasteiger partial charge on any atom is -0.464 e. The van der Waals surface area contributed by atoms with Gasteiger partial charge in [-0.1, -0.05) is 6.92 Å². The second kappa shape index (κ2) is 7.21. The fraction of sp³-hybridized carbons (Fsp3) is 0.692. The van der Waals surface area contributed by atoms with Crippen LogP contribution in [-0.2, 0) is 16.6 Å². The van der Waals surface area contributed by atoms with Crippen LogP contribution in [0.25, 0.3) is 0 Å². The molecule has 0 spiro atoms. The quantitative estimate of drug-likeness (QED) is 0.749. The van der Waals surface area contributed by atoms with Gasteiger partial charge in [0.2, 0.25) is 10.0 Å². The maximum Gasteiger partial charge on any atom is 0.244 e. The highest BCUT2D eigenvalue weighted by atomic mass is 32.2. The first-order valence-electron chi connectivity index (χ1n) is 6.81. The number of likely N-dealkylation sites (N-methyl/N-ethyl adjacent to an activating group) is 1. The smallest absolute Gasteiger partial charge is 0.244 e. The van der Waals surface area contributed by atoms with Crippen LogP contribution in [0.5, 0.6) is 0 Å². The summed E-state index contributed by atoms with van der Waals surface area (Å²) >= 11 is 0. The molecule has 1 aromatic heterocycles. The second-order valence-corrected chi connectivity index (χ2v) is 6.71. The molecular formula is C13H25N3O3S. The molecule has 0 fully saturated rings. The molecule has 0 saturated carbocycles. The first kappa shape index (κ1) is 17.2. The summed E-state index contributed by atoms with van der Waals surface area (Å²) in [5.74, 6) is 0.841. The summed E-state index contributed by atoms with van der Waals surface area (Å²) in [6.45, 7) is 7.06. The van der Waals surface area contributed by atoms with Gasteiger partial charge in [-0.05, 0) is 27.3 Å². The molecule has 20 heavy (non-hydrogen) atoms. The fourth-order valence-electron chi connectivity index (χ4n) is 1.86. The van der Waals surface area contributed by atoms with Crippen LogP contribution in [0.15, 0.2) is 15.4 Å². The average molecular weight is 303 g/mol. The van der Waals surface area contributed by atoms with Crippen LogP contribution >= 0.6 is 0 Å². The molecule has 1 atom stereocenters. The number of rotatable bonds is 8. The molecule has 0 aliphatic carbocycles. The van der Waals surface area contributed by atoms with E-state index in [0.717, 1.165) is 6.42 Å². The maximum absolute atomic E-state index is 12.2. The van der Waals surface area contributed by atoms with Crippen molar-refractivity contribution in [2.45, 2.75) is 44.7 Å². The van der Waals surface area contributed by atoms with Crippen molar-refractivity contribution in [1.29, 1.82) is 0 Å². The molecule has 0 aliphatic rings. The molecule has 1 rings (SSSR count). The van der Waals surface area contributed by atoms with E-state index in [0.29, 0.717) is 30.7 Å². The maximum atomic E-state index is 12.2. The predicted molar refractivity (Wildman–Crippen MR) is 78.9 cm³/mol. The average Bonchev–Trinajstić information content (AvgIpc) is 2.79. The number of nitrogens with two attached hydrogens (primary N) is 1. The zero-order valence-corrected chi connectivity index (χ0v) is 13.5. The van der Waals surface area contributed by atoms with Gasteiger partial charge in [0.25, 0.3) is 0 Å². The molecule has 1 aromatic rings. The molecular weight excluding hydrogens is 278 g/mol. The number of nitrogens with one attached hydrogen (secondary N) is 1. The van der Waals surface area contributed by atoms with E-state index in [1.165, 1.54) is 6.07 Å². The van der Waals surface area contributed by atoms with E-state index in [1.54, 1.807) is 6.92 Å². The Morgan fingerprint density at radius 1 is 1.50 bits per heavy atom. The molecule has 116 valence electrons. The summed E-state index contributed by atoms with van der Waals surface area (Å²) in [6, 6.07) is 1.91. The van der Waals surface area contributed by atoms with Gasteiger partial charge in [-0.25, -0.2) is 13.1 Å². The van der Waals surface area contributed by atoms with E-state index in [-0.39, 0.29) is 11.4 Å². The standard InChI is InChI=1S/C13H25N3O3S/c1-5-10(2)16(4)7-6-15-20(17,18)13-8-12(9-14)19-11(13)3/h8,10,15H,5-7,9,14H2,1-4H3. The third-order valence-corrected chi connectivity index (χ3v) is 5.08. The minimum atomic E-state index is -3.53. The lowest BCUT2D eigenvalue weighted by Gasteiger charge is -2.23. The molecule has 6 nitrogen and oxygen atoms in total. The van der Waals surface area contributed by atoms with Gasteiger partial charge in [0.05, 0.1) is 6.54 Å².